The second-order valence-electron chi connectivity index (χ2n) is 3.28. The Bertz CT molecular complexity index is 324. The van der Waals surface area contributed by atoms with Crippen molar-refractivity contribution in [3.63, 3.8) is 0 Å². The minimum absolute atomic E-state index is 0.0439. The molecular formula is C10H12ClNO2. The molecule has 0 spiro atoms. The van der Waals surface area contributed by atoms with E-state index in [1.807, 2.05) is 0 Å². The summed E-state index contributed by atoms with van der Waals surface area (Å²) in [6.07, 6.45) is 0. The largest absolute Gasteiger partial charge is 0.508 e. The zero-order chi connectivity index (χ0) is 9.97. The van der Waals surface area contributed by atoms with Crippen LogP contribution in [0.5, 0.6) is 5.75 Å². The number of phenolic OH excluding ortho intramolecular Hbond substituents is 1. The Labute approximate surface area is 87.6 Å². The monoisotopic (exact) mass is 213 g/mol. The van der Waals surface area contributed by atoms with Gasteiger partial charge >= 0.3 is 0 Å². The van der Waals surface area contributed by atoms with E-state index in [0.29, 0.717) is 11.6 Å². The van der Waals surface area contributed by atoms with Crippen LogP contribution in [0.25, 0.3) is 0 Å². The van der Waals surface area contributed by atoms with Crippen LogP contribution in [0.15, 0.2) is 18.2 Å². The molecule has 2 N–H and O–H groups in total. The SMILES string of the molecule is Oc1ccc(Cl)cc1[C@@H]1COCCN1. The van der Waals surface area contributed by atoms with Crippen molar-refractivity contribution in [3.8, 4) is 5.75 Å². The molecule has 14 heavy (non-hydrogen) atoms. The molecule has 0 aliphatic carbocycles. The molecular weight excluding hydrogens is 202 g/mol. The van der Waals surface area contributed by atoms with Crippen LogP contribution in [0.1, 0.15) is 11.6 Å². The summed E-state index contributed by atoms with van der Waals surface area (Å²) in [4.78, 5) is 0. The minimum Gasteiger partial charge on any atom is -0.508 e. The van der Waals surface area contributed by atoms with E-state index in [1.54, 1.807) is 18.2 Å². The van der Waals surface area contributed by atoms with Crippen LogP contribution in [0.3, 0.4) is 0 Å². The summed E-state index contributed by atoms with van der Waals surface area (Å²) >= 11 is 5.86. The lowest BCUT2D eigenvalue weighted by molar-refractivity contribution is 0.0761. The molecule has 76 valence electrons. The van der Waals surface area contributed by atoms with E-state index < -0.39 is 0 Å². The Morgan fingerprint density at radius 2 is 2.36 bits per heavy atom. The van der Waals surface area contributed by atoms with Gasteiger partial charge in [-0.25, -0.2) is 0 Å². The number of benzene rings is 1. The molecule has 0 bridgehead atoms. The number of hydrogen-bond donors (Lipinski definition) is 2. The van der Waals surface area contributed by atoms with Crippen molar-refractivity contribution >= 4 is 11.6 Å². The third-order valence-electron chi connectivity index (χ3n) is 2.29. The van der Waals surface area contributed by atoms with Crippen molar-refractivity contribution in [2.45, 2.75) is 6.04 Å². The summed E-state index contributed by atoms with van der Waals surface area (Å²) < 4.78 is 5.31. The quantitative estimate of drug-likeness (QED) is 0.746. The minimum atomic E-state index is 0.0439. The number of halogens is 1. The first kappa shape index (κ1) is 9.77. The summed E-state index contributed by atoms with van der Waals surface area (Å²) in [5.41, 5.74) is 0.803. The Kier molecular flexibility index (Phi) is 2.91. The van der Waals surface area contributed by atoms with Crippen molar-refractivity contribution < 1.29 is 9.84 Å². The lowest BCUT2D eigenvalue weighted by Gasteiger charge is -2.24. The van der Waals surface area contributed by atoms with E-state index >= 15 is 0 Å². The van der Waals surface area contributed by atoms with Gasteiger partial charge in [0.15, 0.2) is 0 Å². The first-order valence-electron chi connectivity index (χ1n) is 4.57. The fraction of sp³-hybridized carbons (Fsp3) is 0.400. The van der Waals surface area contributed by atoms with E-state index in [2.05, 4.69) is 5.32 Å². The maximum absolute atomic E-state index is 9.63. The predicted molar refractivity (Wildman–Crippen MR) is 54.7 cm³/mol. The van der Waals surface area contributed by atoms with Gasteiger partial charge < -0.3 is 15.2 Å². The Balaban J connectivity index is 2.24. The number of rotatable bonds is 1. The highest BCUT2D eigenvalue weighted by molar-refractivity contribution is 6.30. The summed E-state index contributed by atoms with van der Waals surface area (Å²) in [6, 6.07) is 5.09. The van der Waals surface area contributed by atoms with Gasteiger partial charge in [0.05, 0.1) is 19.3 Å². The van der Waals surface area contributed by atoms with Crippen molar-refractivity contribution in [2.24, 2.45) is 0 Å². The third-order valence-corrected chi connectivity index (χ3v) is 2.52. The van der Waals surface area contributed by atoms with Crippen LogP contribution in [-0.2, 0) is 4.74 Å². The maximum atomic E-state index is 9.63. The van der Waals surface area contributed by atoms with Gasteiger partial charge in [-0.1, -0.05) is 11.6 Å². The van der Waals surface area contributed by atoms with Crippen LogP contribution in [0.2, 0.25) is 5.02 Å². The van der Waals surface area contributed by atoms with Gasteiger partial charge in [0.1, 0.15) is 5.75 Å². The highest BCUT2D eigenvalue weighted by Gasteiger charge is 2.18. The molecule has 1 heterocycles. The number of ether oxygens (including phenoxy) is 1. The van der Waals surface area contributed by atoms with E-state index in [-0.39, 0.29) is 11.8 Å². The first-order valence-corrected chi connectivity index (χ1v) is 4.95. The van der Waals surface area contributed by atoms with Gasteiger partial charge in [-0.3, -0.25) is 0 Å². The Hall–Kier alpha value is -0.770. The molecule has 1 aliphatic heterocycles. The predicted octanol–water partition coefficient (Wildman–Crippen LogP) is 1.71. The van der Waals surface area contributed by atoms with E-state index in [1.165, 1.54) is 0 Å². The molecule has 2 rings (SSSR count). The molecule has 1 fully saturated rings. The molecule has 1 aromatic carbocycles. The number of aromatic hydroxyl groups is 1. The van der Waals surface area contributed by atoms with Gasteiger partial charge in [0.2, 0.25) is 0 Å². The summed E-state index contributed by atoms with van der Waals surface area (Å²) in [7, 11) is 0. The highest BCUT2D eigenvalue weighted by Crippen LogP contribution is 2.28. The van der Waals surface area contributed by atoms with E-state index in [4.69, 9.17) is 16.3 Å². The molecule has 1 saturated heterocycles. The molecule has 1 aromatic rings. The molecule has 0 aromatic heterocycles. The molecule has 1 aliphatic rings. The summed E-state index contributed by atoms with van der Waals surface area (Å²) in [6.45, 7) is 2.10. The fourth-order valence-corrected chi connectivity index (χ4v) is 1.75. The lowest BCUT2D eigenvalue weighted by Crippen LogP contribution is -2.34. The molecule has 0 radical (unpaired) electrons. The van der Waals surface area contributed by atoms with Gasteiger partial charge in [-0.05, 0) is 18.2 Å². The maximum Gasteiger partial charge on any atom is 0.120 e. The number of nitrogens with one attached hydrogen (secondary N) is 1. The molecule has 3 nitrogen and oxygen atoms in total. The second kappa shape index (κ2) is 4.17. The number of hydrogen-bond acceptors (Lipinski definition) is 3. The van der Waals surface area contributed by atoms with Crippen LogP contribution in [0.4, 0.5) is 0 Å². The molecule has 0 saturated carbocycles. The summed E-state index contributed by atoms with van der Waals surface area (Å²) in [5, 5.41) is 13.5. The number of phenols is 1. The zero-order valence-corrected chi connectivity index (χ0v) is 8.42. The van der Waals surface area contributed by atoms with Crippen LogP contribution in [0, 0.1) is 0 Å². The average Bonchev–Trinajstić information content (AvgIpc) is 2.23. The van der Waals surface area contributed by atoms with Crippen molar-refractivity contribution in [2.75, 3.05) is 19.8 Å². The molecule has 4 heteroatoms. The smallest absolute Gasteiger partial charge is 0.120 e. The van der Waals surface area contributed by atoms with Crippen molar-refractivity contribution in [1.82, 2.24) is 5.32 Å². The van der Waals surface area contributed by atoms with Gasteiger partial charge in [-0.15, -0.1) is 0 Å². The van der Waals surface area contributed by atoms with Gasteiger partial charge in [0, 0.05) is 17.1 Å². The lowest BCUT2D eigenvalue weighted by atomic mass is 10.1. The van der Waals surface area contributed by atoms with Crippen LogP contribution >= 0.6 is 11.6 Å². The standard InChI is InChI=1S/C10H12ClNO2/c11-7-1-2-10(13)8(5-7)9-6-14-4-3-12-9/h1-2,5,9,12-13H,3-4,6H2/t9-/m0/s1. The fourth-order valence-electron chi connectivity index (χ4n) is 1.57. The van der Waals surface area contributed by atoms with Crippen molar-refractivity contribution in [1.29, 1.82) is 0 Å². The zero-order valence-electron chi connectivity index (χ0n) is 7.66. The third kappa shape index (κ3) is 2.00. The molecule has 1 atom stereocenters. The van der Waals surface area contributed by atoms with Gasteiger partial charge in [0.25, 0.3) is 0 Å². The Morgan fingerprint density at radius 1 is 1.50 bits per heavy atom. The second-order valence-corrected chi connectivity index (χ2v) is 3.72. The number of morpholine rings is 1. The van der Waals surface area contributed by atoms with Crippen LogP contribution < -0.4 is 5.32 Å². The van der Waals surface area contributed by atoms with Crippen LogP contribution in [-0.4, -0.2) is 24.9 Å². The molecule has 0 unspecified atom stereocenters. The summed E-state index contributed by atoms with van der Waals surface area (Å²) in [5.74, 6) is 0.261. The first-order chi connectivity index (χ1) is 6.77. The highest BCUT2D eigenvalue weighted by atomic mass is 35.5. The Morgan fingerprint density at radius 3 is 3.07 bits per heavy atom. The van der Waals surface area contributed by atoms with Gasteiger partial charge in [-0.2, -0.15) is 0 Å². The topological polar surface area (TPSA) is 41.5 Å². The molecule has 0 amide bonds. The van der Waals surface area contributed by atoms with E-state index in [9.17, 15) is 5.11 Å². The van der Waals surface area contributed by atoms with Crippen molar-refractivity contribution in [3.05, 3.63) is 28.8 Å². The van der Waals surface area contributed by atoms with E-state index in [0.717, 1.165) is 18.7 Å². The average molecular weight is 214 g/mol. The normalized spacial score (nSPS) is 22.2.